The lowest BCUT2D eigenvalue weighted by Crippen LogP contribution is -2.14. The molecule has 0 bridgehead atoms. The first kappa shape index (κ1) is 24.7. The molecule has 6 rings (SSSR count). The van der Waals surface area contributed by atoms with Crippen LogP contribution in [0.1, 0.15) is 35.6 Å². The van der Waals surface area contributed by atoms with Crippen molar-refractivity contribution in [1.29, 1.82) is 0 Å². The highest BCUT2D eigenvalue weighted by atomic mass is 14.9. The first-order valence-electron chi connectivity index (χ1n) is 13.5. The quantitative estimate of drug-likeness (QED) is 0.241. The number of nitrogens with one attached hydrogen (secondary N) is 1. The second-order valence-electron chi connectivity index (χ2n) is 9.81. The van der Waals surface area contributed by atoms with Crippen LogP contribution in [-0.4, -0.2) is 17.0 Å². The Hall–Kier alpha value is -4.60. The molecule has 0 spiro atoms. The summed E-state index contributed by atoms with van der Waals surface area (Å²) in [6, 6.07) is 37.9. The summed E-state index contributed by atoms with van der Waals surface area (Å²) >= 11 is 0. The van der Waals surface area contributed by atoms with Crippen molar-refractivity contribution < 1.29 is 0 Å². The van der Waals surface area contributed by atoms with Crippen LogP contribution in [0.5, 0.6) is 0 Å². The molecular formula is C36H31N3. The van der Waals surface area contributed by atoms with Gasteiger partial charge < -0.3 is 5.32 Å². The van der Waals surface area contributed by atoms with Gasteiger partial charge in [-0.1, -0.05) is 109 Å². The third kappa shape index (κ3) is 5.50. The van der Waals surface area contributed by atoms with E-state index < -0.39 is 0 Å². The van der Waals surface area contributed by atoms with E-state index in [-0.39, 0.29) is 6.04 Å². The number of aromatic nitrogens is 2. The molecule has 39 heavy (non-hydrogen) atoms. The van der Waals surface area contributed by atoms with Gasteiger partial charge in [0.15, 0.2) is 0 Å². The maximum atomic E-state index is 4.88. The van der Waals surface area contributed by atoms with E-state index in [1.807, 2.05) is 37.5 Å². The van der Waals surface area contributed by atoms with Crippen molar-refractivity contribution in [3.8, 4) is 11.4 Å². The molecule has 3 nitrogen and oxygen atoms in total. The Bertz CT molecular complexity index is 1660. The molecule has 190 valence electrons. The maximum Gasteiger partial charge on any atom is 0.0893 e. The van der Waals surface area contributed by atoms with E-state index in [4.69, 9.17) is 9.97 Å². The third-order valence-corrected chi connectivity index (χ3v) is 7.30. The largest absolute Gasteiger partial charge is 0.310 e. The molecule has 2 aromatic heterocycles. The van der Waals surface area contributed by atoms with E-state index in [1.54, 1.807) is 0 Å². The van der Waals surface area contributed by atoms with E-state index in [1.165, 1.54) is 27.8 Å². The van der Waals surface area contributed by atoms with E-state index in [0.717, 1.165) is 40.7 Å². The standard InChI is InChI=1S/C36H31N3/c1-37-36(27-13-6-3-7-14-27)24-32(30-17-10-16-29(23-30)26-11-4-2-5-12-26)31-20-21-34(38-25-31)35-22-19-28-15-8-9-18-33(28)39-35/h2-9,11-15,17-25,36-37H,10,16H2,1H3/b32-24+. The maximum absolute atomic E-state index is 4.88. The molecule has 0 radical (unpaired) electrons. The molecule has 0 saturated heterocycles. The summed E-state index contributed by atoms with van der Waals surface area (Å²) in [7, 11) is 2.01. The number of hydrogen-bond acceptors (Lipinski definition) is 3. The minimum absolute atomic E-state index is 0.0689. The molecular weight excluding hydrogens is 474 g/mol. The van der Waals surface area contributed by atoms with Crippen LogP contribution in [0.4, 0.5) is 0 Å². The van der Waals surface area contributed by atoms with Gasteiger partial charge in [0.25, 0.3) is 0 Å². The fourth-order valence-corrected chi connectivity index (χ4v) is 5.22. The van der Waals surface area contributed by atoms with Crippen molar-refractivity contribution >= 4 is 22.0 Å². The Labute approximate surface area is 230 Å². The average Bonchev–Trinajstić information content (AvgIpc) is 3.02. The molecule has 1 N–H and O–H groups in total. The predicted molar refractivity (Wildman–Crippen MR) is 163 cm³/mol. The van der Waals surface area contributed by atoms with Crippen molar-refractivity contribution in [2.24, 2.45) is 0 Å². The summed E-state index contributed by atoms with van der Waals surface area (Å²) in [6.07, 6.45) is 11.1. The van der Waals surface area contributed by atoms with Crippen molar-refractivity contribution in [3.63, 3.8) is 0 Å². The van der Waals surface area contributed by atoms with Crippen LogP contribution in [0, 0.1) is 0 Å². The molecule has 5 aromatic rings. The lowest BCUT2D eigenvalue weighted by Gasteiger charge is -2.20. The van der Waals surface area contributed by atoms with Crippen LogP contribution < -0.4 is 5.32 Å². The molecule has 0 amide bonds. The summed E-state index contributed by atoms with van der Waals surface area (Å²) in [6.45, 7) is 0. The SMILES string of the molecule is CNC(/C=C(\C1=CCCC(c2ccccc2)=C1)c1ccc(-c2ccc3ccccc3n2)nc1)c1ccccc1. The van der Waals surface area contributed by atoms with Gasteiger partial charge in [-0.15, -0.1) is 0 Å². The first-order chi connectivity index (χ1) is 19.3. The Kier molecular flexibility index (Phi) is 7.24. The highest BCUT2D eigenvalue weighted by Gasteiger charge is 2.16. The van der Waals surface area contributed by atoms with Gasteiger partial charge in [0, 0.05) is 17.1 Å². The van der Waals surface area contributed by atoms with Gasteiger partial charge in [0.2, 0.25) is 0 Å². The molecule has 1 unspecified atom stereocenters. The summed E-state index contributed by atoms with van der Waals surface area (Å²) < 4.78 is 0. The van der Waals surface area contributed by atoms with E-state index in [9.17, 15) is 0 Å². The average molecular weight is 506 g/mol. The van der Waals surface area contributed by atoms with Gasteiger partial charge in [-0.3, -0.25) is 4.98 Å². The number of nitrogens with zero attached hydrogens (tertiary/aromatic N) is 2. The van der Waals surface area contributed by atoms with Crippen molar-refractivity contribution in [2.45, 2.75) is 18.9 Å². The molecule has 0 saturated carbocycles. The second-order valence-corrected chi connectivity index (χ2v) is 9.81. The fraction of sp³-hybridized carbons (Fsp3) is 0.111. The molecule has 3 aromatic carbocycles. The minimum Gasteiger partial charge on any atom is -0.310 e. The molecule has 0 fully saturated rings. The summed E-state index contributed by atoms with van der Waals surface area (Å²) in [5, 5.41) is 4.63. The molecule has 1 aliphatic rings. The van der Waals surface area contributed by atoms with Crippen LogP contribution in [-0.2, 0) is 0 Å². The number of rotatable bonds is 7. The number of hydrogen-bond donors (Lipinski definition) is 1. The van der Waals surface area contributed by atoms with E-state index >= 15 is 0 Å². The highest BCUT2D eigenvalue weighted by Crippen LogP contribution is 2.35. The first-order valence-corrected chi connectivity index (χ1v) is 13.5. The number of para-hydroxylation sites is 1. The smallest absolute Gasteiger partial charge is 0.0893 e. The fourth-order valence-electron chi connectivity index (χ4n) is 5.22. The van der Waals surface area contributed by atoms with Gasteiger partial charge >= 0.3 is 0 Å². The second kappa shape index (κ2) is 11.4. The Balaban J connectivity index is 1.40. The van der Waals surface area contributed by atoms with Crippen molar-refractivity contribution in [2.75, 3.05) is 7.05 Å². The molecule has 2 heterocycles. The zero-order valence-electron chi connectivity index (χ0n) is 22.1. The summed E-state index contributed by atoms with van der Waals surface area (Å²) in [5.41, 5.74) is 10.1. The molecule has 0 aliphatic heterocycles. The highest BCUT2D eigenvalue weighted by molar-refractivity contribution is 5.87. The van der Waals surface area contributed by atoms with Crippen LogP contribution in [0.25, 0.3) is 33.4 Å². The van der Waals surface area contributed by atoms with Crippen LogP contribution in [0.3, 0.4) is 0 Å². The number of pyridine rings is 2. The lowest BCUT2D eigenvalue weighted by atomic mass is 9.87. The number of fused-ring (bicyclic) bond motifs is 1. The lowest BCUT2D eigenvalue weighted by molar-refractivity contribution is 0.716. The zero-order valence-corrected chi connectivity index (χ0v) is 22.1. The third-order valence-electron chi connectivity index (χ3n) is 7.30. The number of allylic oxidation sites excluding steroid dienone is 5. The van der Waals surface area contributed by atoms with Gasteiger partial charge in [-0.2, -0.15) is 0 Å². The van der Waals surface area contributed by atoms with Gasteiger partial charge in [-0.25, -0.2) is 4.98 Å². The van der Waals surface area contributed by atoms with Crippen molar-refractivity contribution in [3.05, 3.63) is 156 Å². The van der Waals surface area contributed by atoms with E-state index in [0.29, 0.717) is 0 Å². The monoisotopic (exact) mass is 505 g/mol. The minimum atomic E-state index is 0.0689. The van der Waals surface area contributed by atoms with Gasteiger partial charge in [0.1, 0.15) is 0 Å². The van der Waals surface area contributed by atoms with Crippen LogP contribution >= 0.6 is 0 Å². The van der Waals surface area contributed by atoms with E-state index in [2.05, 4.69) is 108 Å². The zero-order chi connectivity index (χ0) is 26.4. The topological polar surface area (TPSA) is 37.8 Å². The Morgan fingerprint density at radius 3 is 2.31 bits per heavy atom. The van der Waals surface area contributed by atoms with Crippen LogP contribution in [0.2, 0.25) is 0 Å². The number of likely N-dealkylation sites (N-methyl/N-ethyl adjacent to an activating group) is 1. The molecule has 1 atom stereocenters. The van der Waals surface area contributed by atoms with Gasteiger partial charge in [-0.05, 0) is 65.9 Å². The summed E-state index contributed by atoms with van der Waals surface area (Å²) in [4.78, 5) is 9.73. The van der Waals surface area contributed by atoms with Crippen LogP contribution in [0.15, 0.2) is 139 Å². The normalized spacial score (nSPS) is 14.5. The predicted octanol–water partition coefficient (Wildman–Crippen LogP) is 8.44. The molecule has 3 heteroatoms. The molecule has 1 aliphatic carbocycles. The van der Waals surface area contributed by atoms with Gasteiger partial charge in [0.05, 0.1) is 22.9 Å². The van der Waals surface area contributed by atoms with Crippen molar-refractivity contribution in [1.82, 2.24) is 15.3 Å². The Morgan fingerprint density at radius 2 is 1.54 bits per heavy atom. The summed E-state index contributed by atoms with van der Waals surface area (Å²) in [5.74, 6) is 0. The Morgan fingerprint density at radius 1 is 0.795 bits per heavy atom. The number of benzene rings is 3.